The number of nitrogens with zero attached hydrogens (tertiary/aromatic N) is 3. The van der Waals surface area contributed by atoms with Crippen molar-refractivity contribution >= 4 is 47.0 Å². The van der Waals surface area contributed by atoms with Crippen molar-refractivity contribution in [1.82, 2.24) is 42.5 Å². The van der Waals surface area contributed by atoms with E-state index in [0.717, 1.165) is 51.4 Å². The lowest BCUT2D eigenvalue weighted by Crippen LogP contribution is -2.47. The first kappa shape index (κ1) is 64.2. The number of Topliss-reactive ketones (excluding diaryl/α,β-unsaturated/α-hetero) is 2. The Balaban J connectivity index is 6.31. The van der Waals surface area contributed by atoms with Crippen LogP contribution >= 0.6 is 0 Å². The average molecular weight is 982 g/mol. The van der Waals surface area contributed by atoms with Crippen LogP contribution in [-0.2, 0) is 47.8 Å². The van der Waals surface area contributed by atoms with Gasteiger partial charge >= 0.3 is 0 Å². The second kappa shape index (κ2) is 44.4. The number of hydrogen-bond acceptors (Lipinski definition) is 15. The molecule has 0 aliphatic rings. The Kier molecular flexibility index (Phi) is 41.4. The van der Waals surface area contributed by atoms with E-state index in [-0.39, 0.29) is 71.4 Å². The predicted molar refractivity (Wildman–Crippen MR) is 263 cm³/mol. The summed E-state index contributed by atoms with van der Waals surface area (Å²) >= 11 is 0. The van der Waals surface area contributed by atoms with Gasteiger partial charge in [-0.15, -0.1) is 0 Å². The molecule has 0 saturated heterocycles. The number of rotatable bonds is 47. The summed E-state index contributed by atoms with van der Waals surface area (Å²) in [6.45, 7) is 10.7. The zero-order chi connectivity index (χ0) is 51.3. The van der Waals surface area contributed by atoms with E-state index in [1.807, 2.05) is 0 Å². The number of ether oxygens (including phenoxy) is 2. The zero-order valence-electron chi connectivity index (χ0n) is 41.8. The summed E-state index contributed by atoms with van der Waals surface area (Å²) in [7, 11) is 0. The van der Waals surface area contributed by atoms with Crippen LogP contribution in [0.3, 0.4) is 0 Å². The Labute approximate surface area is 409 Å². The minimum Gasteiger partial charge on any atom is -0.379 e. The third kappa shape index (κ3) is 35.9. The Morgan fingerprint density at radius 2 is 1.00 bits per heavy atom. The van der Waals surface area contributed by atoms with Crippen LogP contribution in [0.25, 0.3) is 10.4 Å². The topological polar surface area (TPSA) is 352 Å². The van der Waals surface area contributed by atoms with Crippen molar-refractivity contribution in [1.29, 1.82) is 0 Å². The molecule has 0 aromatic carbocycles. The number of ketones is 2. The van der Waals surface area contributed by atoms with E-state index in [4.69, 9.17) is 26.5 Å². The Bertz CT molecular complexity index is 1520. The molecule has 0 radical (unpaired) electrons. The smallest absolute Gasteiger partial charge is 0.224 e. The summed E-state index contributed by atoms with van der Waals surface area (Å²) in [4.78, 5) is 111. The second-order valence-corrected chi connectivity index (χ2v) is 16.8. The summed E-state index contributed by atoms with van der Waals surface area (Å²) in [5.41, 5.74) is 19.4. The Hall–Kier alpha value is -4.77. The highest BCUT2D eigenvalue weighted by atomic mass is 16.5. The lowest BCUT2D eigenvalue weighted by Gasteiger charge is -2.23. The van der Waals surface area contributed by atoms with Crippen LogP contribution in [0.5, 0.6) is 0 Å². The normalized spacial score (nSPS) is 12.7. The lowest BCUT2D eigenvalue weighted by atomic mass is 9.88. The van der Waals surface area contributed by atoms with E-state index in [1.165, 1.54) is 0 Å². The molecule has 0 aliphatic heterocycles. The number of nitrogens with one attached hydrogen (secondary N) is 8. The highest BCUT2D eigenvalue weighted by molar-refractivity contribution is 5.98. The quantitative estimate of drug-likeness (QED) is 0.0171. The summed E-state index contributed by atoms with van der Waals surface area (Å²) in [6.07, 6.45) is 5.33. The summed E-state index contributed by atoms with van der Waals surface area (Å²) in [5.74, 6) is -7.48. The molecule has 0 spiro atoms. The SMILES string of the molecule is CCCCCCNC(=O)CC(NC(=O)CC(CC)C(=O)NCCCCCC)C(=O)CC(CC(=O)CC(CC(=O)NCCNCCN)C(=O)NCCOCCOCCN=[N+]=[N-])C(=O)NCCNCCN. The molecule has 0 heterocycles. The van der Waals surface area contributed by atoms with Crippen LogP contribution in [0.1, 0.15) is 117 Å². The van der Waals surface area contributed by atoms with Gasteiger partial charge in [-0.3, -0.25) is 38.4 Å². The number of azide groups is 1. The average Bonchev–Trinajstić information content (AvgIpc) is 3.32. The molecular weight excluding hydrogens is 895 g/mol. The highest BCUT2D eigenvalue weighted by Crippen LogP contribution is 2.19. The maximum absolute atomic E-state index is 14.2. The summed E-state index contributed by atoms with van der Waals surface area (Å²) < 4.78 is 10.8. The third-order valence-electron chi connectivity index (χ3n) is 10.8. The molecule has 23 nitrogen and oxygen atoms in total. The maximum Gasteiger partial charge on any atom is 0.224 e. The van der Waals surface area contributed by atoms with E-state index in [9.17, 15) is 38.4 Å². The van der Waals surface area contributed by atoms with Crippen molar-refractivity contribution in [2.75, 3.05) is 105 Å². The van der Waals surface area contributed by atoms with Gasteiger partial charge in [0.15, 0.2) is 5.78 Å². The van der Waals surface area contributed by atoms with Crippen molar-refractivity contribution in [3.63, 3.8) is 0 Å². The van der Waals surface area contributed by atoms with Crippen molar-refractivity contribution in [3.8, 4) is 0 Å². The molecule has 0 rings (SSSR count). The van der Waals surface area contributed by atoms with Crippen LogP contribution < -0.4 is 54.0 Å². The molecule has 4 unspecified atom stereocenters. The fourth-order valence-electron chi connectivity index (χ4n) is 6.94. The third-order valence-corrected chi connectivity index (χ3v) is 10.8. The molecule has 4 atom stereocenters. The largest absolute Gasteiger partial charge is 0.379 e. The molecule has 0 aromatic rings. The molecule has 6 amide bonds. The number of unbranched alkanes of at least 4 members (excludes halogenated alkanes) is 6. The van der Waals surface area contributed by atoms with Crippen molar-refractivity contribution in [3.05, 3.63) is 10.4 Å². The van der Waals surface area contributed by atoms with E-state index in [2.05, 4.69) is 66.4 Å². The molecule has 0 aliphatic carbocycles. The van der Waals surface area contributed by atoms with E-state index in [0.29, 0.717) is 58.8 Å². The van der Waals surface area contributed by atoms with Gasteiger partial charge in [0, 0.05) is 121 Å². The number of carbonyl (C=O) groups is 8. The van der Waals surface area contributed by atoms with Crippen LogP contribution in [0, 0.1) is 17.8 Å². The van der Waals surface area contributed by atoms with Crippen LogP contribution in [0.4, 0.5) is 0 Å². The molecule has 0 saturated carbocycles. The van der Waals surface area contributed by atoms with Gasteiger partial charge in [0.1, 0.15) is 5.78 Å². The van der Waals surface area contributed by atoms with Gasteiger partial charge in [0.2, 0.25) is 35.4 Å². The first-order valence-electron chi connectivity index (χ1n) is 25.0. The number of carbonyl (C=O) groups excluding carboxylic acids is 8. The first-order chi connectivity index (χ1) is 33.4. The van der Waals surface area contributed by atoms with Crippen molar-refractivity contribution in [2.24, 2.45) is 34.3 Å². The van der Waals surface area contributed by atoms with Gasteiger partial charge in [0.25, 0.3) is 0 Å². The van der Waals surface area contributed by atoms with E-state index in [1.54, 1.807) is 6.92 Å². The highest BCUT2D eigenvalue weighted by Gasteiger charge is 2.33. The Morgan fingerprint density at radius 3 is 1.58 bits per heavy atom. The lowest BCUT2D eigenvalue weighted by molar-refractivity contribution is -0.136. The van der Waals surface area contributed by atoms with Gasteiger partial charge in [-0.1, -0.05) is 64.4 Å². The zero-order valence-corrected chi connectivity index (χ0v) is 41.8. The molecule has 0 aromatic heterocycles. The van der Waals surface area contributed by atoms with Gasteiger partial charge in [-0.2, -0.15) is 0 Å². The van der Waals surface area contributed by atoms with Crippen LogP contribution in [0.2, 0.25) is 0 Å². The minimum absolute atomic E-state index is 0.0484. The monoisotopic (exact) mass is 982 g/mol. The van der Waals surface area contributed by atoms with Gasteiger partial charge < -0.3 is 63.5 Å². The van der Waals surface area contributed by atoms with Crippen molar-refractivity contribution in [2.45, 2.75) is 123 Å². The molecule has 23 heteroatoms. The van der Waals surface area contributed by atoms with Crippen molar-refractivity contribution < 1.29 is 47.8 Å². The standard InChI is InChI=1S/C46H87N13O10/c1-4-7-9-11-15-52-42(63)34-39(58-43(64)32-35(6-3)44(65)54-16-12-10-8-5-2)40(61)31-36(45(66)55-22-20-51-18-14-48)29-38(60)30-37(33-41(62)53-21-19-50-17-13-47)46(67)56-23-25-68-27-28-69-26-24-57-59-49/h35-37,39,50-51H,4-34,47-48H2,1-3H3,(H,52,63)(H,53,62)(H,54,65)(H,55,66)(H,56,67)(H,58,64). The van der Waals surface area contributed by atoms with Crippen LogP contribution in [0.15, 0.2) is 5.11 Å². The molecule has 12 N–H and O–H groups in total. The molecular formula is C46H87N13O10. The summed E-state index contributed by atoms with van der Waals surface area (Å²) in [6, 6.07) is -1.38. The second-order valence-electron chi connectivity index (χ2n) is 16.8. The number of hydrogen-bond donors (Lipinski definition) is 10. The molecule has 396 valence electrons. The number of amides is 6. The molecule has 0 fully saturated rings. The van der Waals surface area contributed by atoms with Gasteiger partial charge in [-0.05, 0) is 24.8 Å². The Morgan fingerprint density at radius 1 is 0.507 bits per heavy atom. The molecule has 69 heavy (non-hydrogen) atoms. The molecule has 0 bridgehead atoms. The fourth-order valence-corrected chi connectivity index (χ4v) is 6.94. The van der Waals surface area contributed by atoms with Gasteiger partial charge in [0.05, 0.1) is 50.7 Å². The fraction of sp³-hybridized carbons (Fsp3) is 0.826. The predicted octanol–water partition coefficient (Wildman–Crippen LogP) is 0.390. The van der Waals surface area contributed by atoms with Gasteiger partial charge in [-0.25, -0.2) is 0 Å². The van der Waals surface area contributed by atoms with Crippen LogP contribution in [-0.4, -0.2) is 158 Å². The summed E-state index contributed by atoms with van der Waals surface area (Å²) in [5, 5.41) is 26.0. The minimum atomic E-state index is -1.38. The van der Waals surface area contributed by atoms with E-state index >= 15 is 0 Å². The maximum atomic E-state index is 14.2. The number of nitrogens with two attached hydrogens (primary N) is 2. The first-order valence-corrected chi connectivity index (χ1v) is 25.0. The van der Waals surface area contributed by atoms with E-state index < -0.39 is 90.6 Å².